The number of thiazole rings is 1. The molecule has 1 amide bonds. The number of anilines is 1. The Morgan fingerprint density at radius 3 is 2.96 bits per heavy atom. The highest BCUT2D eigenvalue weighted by Gasteiger charge is 2.12. The average molecular weight is 353 g/mol. The largest absolute Gasteiger partial charge is 0.466 e. The number of amides is 1. The number of aromatic nitrogens is 3. The second kappa shape index (κ2) is 8.15. The summed E-state index contributed by atoms with van der Waals surface area (Å²) in [6.45, 7) is 2.23. The van der Waals surface area contributed by atoms with Gasteiger partial charge in [-0.3, -0.25) is 24.4 Å². The van der Waals surface area contributed by atoms with Crippen molar-refractivity contribution in [1.82, 2.24) is 14.8 Å². The van der Waals surface area contributed by atoms with Gasteiger partial charge in [-0.25, -0.2) is 4.98 Å². The molecule has 0 aliphatic rings. The normalized spacial score (nSPS) is 10.4. The quantitative estimate of drug-likeness (QED) is 0.431. The zero-order chi connectivity index (χ0) is 17.5. The van der Waals surface area contributed by atoms with Crippen LogP contribution >= 0.6 is 11.3 Å². The van der Waals surface area contributed by atoms with E-state index in [0.717, 1.165) is 6.20 Å². The molecule has 2 heterocycles. The first-order chi connectivity index (χ1) is 11.5. The third-order valence-corrected chi connectivity index (χ3v) is 3.63. The number of aryl methyl sites for hydroxylation is 1. The minimum absolute atomic E-state index is 0.0527. The Labute approximate surface area is 140 Å². The lowest BCUT2D eigenvalue weighted by atomic mass is 10.3. The minimum atomic E-state index is -0.551. The number of hydrogen-bond donors (Lipinski definition) is 1. The monoisotopic (exact) mass is 353 g/mol. The van der Waals surface area contributed by atoms with Crippen LogP contribution in [0, 0.1) is 10.1 Å². The Bertz CT molecular complexity index is 741. The molecule has 0 fully saturated rings. The molecule has 0 aliphatic carbocycles. The summed E-state index contributed by atoms with van der Waals surface area (Å²) in [6, 6.07) is 0. The molecule has 24 heavy (non-hydrogen) atoms. The lowest BCUT2D eigenvalue weighted by Crippen LogP contribution is -2.15. The Balaban J connectivity index is 1.80. The van der Waals surface area contributed by atoms with Crippen LogP contribution in [0.25, 0.3) is 0 Å². The van der Waals surface area contributed by atoms with Gasteiger partial charge >= 0.3 is 11.7 Å². The van der Waals surface area contributed by atoms with Crippen molar-refractivity contribution < 1.29 is 19.2 Å². The molecular weight excluding hydrogens is 338 g/mol. The zero-order valence-corrected chi connectivity index (χ0v) is 13.6. The Kier molecular flexibility index (Phi) is 5.95. The third-order valence-electron chi connectivity index (χ3n) is 2.83. The number of nitro groups is 1. The summed E-state index contributed by atoms with van der Waals surface area (Å²) in [7, 11) is 0. The predicted molar refractivity (Wildman–Crippen MR) is 84.6 cm³/mol. The summed E-state index contributed by atoms with van der Waals surface area (Å²) in [4.78, 5) is 37.3. The van der Waals surface area contributed by atoms with Crippen molar-refractivity contribution in [3.8, 4) is 0 Å². The highest BCUT2D eigenvalue weighted by atomic mass is 32.1. The van der Waals surface area contributed by atoms with Crippen molar-refractivity contribution in [2.45, 2.75) is 26.3 Å². The average Bonchev–Trinajstić information content (AvgIpc) is 3.15. The molecule has 0 atom stereocenters. The Morgan fingerprint density at radius 1 is 1.50 bits per heavy atom. The molecule has 0 spiro atoms. The molecule has 2 rings (SSSR count). The van der Waals surface area contributed by atoms with E-state index in [-0.39, 0.29) is 37.0 Å². The molecule has 0 saturated carbocycles. The lowest BCUT2D eigenvalue weighted by molar-refractivity contribution is -0.385. The summed E-state index contributed by atoms with van der Waals surface area (Å²) in [5.74, 6) is -0.675. The fraction of sp³-hybridized carbons (Fsp3) is 0.385. The predicted octanol–water partition coefficient (Wildman–Crippen LogP) is 1.38. The van der Waals surface area contributed by atoms with E-state index in [1.165, 1.54) is 22.2 Å². The summed E-state index contributed by atoms with van der Waals surface area (Å²) < 4.78 is 6.15. The zero-order valence-electron chi connectivity index (χ0n) is 12.8. The van der Waals surface area contributed by atoms with E-state index in [4.69, 9.17) is 4.74 Å². The standard InChI is InChI=1S/C13H15N5O5S/c1-2-23-12(20)5-9-8-24-13(15-9)16-11(19)3-4-17-7-10(6-14-17)18(21)22/h6-8H,2-5H2,1H3,(H,15,16,19). The molecule has 0 saturated heterocycles. The first kappa shape index (κ1) is 17.5. The van der Waals surface area contributed by atoms with Crippen LogP contribution in [0.15, 0.2) is 17.8 Å². The van der Waals surface area contributed by atoms with Crippen LogP contribution in [-0.4, -0.2) is 38.2 Å². The number of carbonyl (C=O) groups is 2. The third kappa shape index (κ3) is 5.12. The van der Waals surface area contributed by atoms with Gasteiger partial charge in [-0.1, -0.05) is 0 Å². The number of ether oxygens (including phenoxy) is 1. The molecule has 2 aromatic heterocycles. The van der Waals surface area contributed by atoms with Gasteiger partial charge in [0.05, 0.1) is 23.6 Å². The molecule has 0 radical (unpaired) electrons. The SMILES string of the molecule is CCOC(=O)Cc1csc(NC(=O)CCn2cc([N+](=O)[O-])cn2)n1. The maximum absolute atomic E-state index is 11.8. The van der Waals surface area contributed by atoms with Gasteiger partial charge in [0.1, 0.15) is 12.4 Å². The van der Waals surface area contributed by atoms with Crippen molar-refractivity contribution in [2.75, 3.05) is 11.9 Å². The van der Waals surface area contributed by atoms with Gasteiger partial charge < -0.3 is 10.1 Å². The van der Waals surface area contributed by atoms with Crippen molar-refractivity contribution in [3.63, 3.8) is 0 Å². The number of hydrogen-bond acceptors (Lipinski definition) is 8. The molecular formula is C13H15N5O5S. The van der Waals surface area contributed by atoms with Crippen LogP contribution in [0.4, 0.5) is 10.8 Å². The Hall–Kier alpha value is -2.82. The van der Waals surface area contributed by atoms with Gasteiger partial charge in [0, 0.05) is 18.3 Å². The highest BCUT2D eigenvalue weighted by molar-refractivity contribution is 7.13. The maximum atomic E-state index is 11.8. The minimum Gasteiger partial charge on any atom is -0.466 e. The first-order valence-electron chi connectivity index (χ1n) is 7.04. The molecule has 2 aromatic rings. The molecule has 10 nitrogen and oxygen atoms in total. The summed E-state index contributed by atoms with van der Waals surface area (Å²) in [6.07, 6.45) is 2.53. The highest BCUT2D eigenvalue weighted by Crippen LogP contribution is 2.16. The molecule has 11 heteroatoms. The van der Waals surface area contributed by atoms with Crippen LogP contribution in [0.1, 0.15) is 19.0 Å². The number of nitrogens with one attached hydrogen (secondary N) is 1. The number of nitrogens with zero attached hydrogens (tertiary/aromatic N) is 4. The smallest absolute Gasteiger partial charge is 0.311 e. The van der Waals surface area contributed by atoms with Gasteiger partial charge in [-0.2, -0.15) is 5.10 Å². The first-order valence-corrected chi connectivity index (χ1v) is 7.92. The molecule has 0 aliphatic heterocycles. The maximum Gasteiger partial charge on any atom is 0.311 e. The van der Waals surface area contributed by atoms with Crippen LogP contribution in [0.3, 0.4) is 0 Å². The van der Waals surface area contributed by atoms with Crippen molar-refractivity contribution in [3.05, 3.63) is 33.6 Å². The topological polar surface area (TPSA) is 129 Å². The second-order valence-corrected chi connectivity index (χ2v) is 5.50. The van der Waals surface area contributed by atoms with Crippen molar-refractivity contribution in [1.29, 1.82) is 0 Å². The molecule has 0 unspecified atom stereocenters. The van der Waals surface area contributed by atoms with E-state index in [1.807, 2.05) is 0 Å². The summed E-state index contributed by atoms with van der Waals surface area (Å²) in [5.41, 5.74) is 0.399. The summed E-state index contributed by atoms with van der Waals surface area (Å²) in [5, 5.41) is 19.0. The fourth-order valence-corrected chi connectivity index (χ4v) is 2.50. The van der Waals surface area contributed by atoms with Gasteiger partial charge in [0.25, 0.3) is 0 Å². The number of esters is 1. The fourth-order valence-electron chi connectivity index (χ4n) is 1.77. The Morgan fingerprint density at radius 2 is 2.29 bits per heavy atom. The van der Waals surface area contributed by atoms with Crippen molar-refractivity contribution >= 4 is 34.0 Å². The number of rotatable bonds is 8. The molecule has 128 valence electrons. The van der Waals surface area contributed by atoms with E-state index < -0.39 is 4.92 Å². The van der Waals surface area contributed by atoms with E-state index in [9.17, 15) is 19.7 Å². The molecule has 0 bridgehead atoms. The van der Waals surface area contributed by atoms with Gasteiger partial charge in [-0.05, 0) is 6.92 Å². The number of carbonyl (C=O) groups excluding carboxylic acids is 2. The van der Waals surface area contributed by atoms with E-state index in [1.54, 1.807) is 12.3 Å². The lowest BCUT2D eigenvalue weighted by Gasteiger charge is -2.02. The van der Waals surface area contributed by atoms with Crippen LogP contribution in [-0.2, 0) is 27.3 Å². The molecule has 0 aromatic carbocycles. The van der Waals surface area contributed by atoms with Gasteiger partial charge in [0.15, 0.2) is 5.13 Å². The van der Waals surface area contributed by atoms with Crippen LogP contribution < -0.4 is 5.32 Å². The van der Waals surface area contributed by atoms with E-state index in [2.05, 4.69) is 15.4 Å². The van der Waals surface area contributed by atoms with E-state index in [0.29, 0.717) is 17.4 Å². The van der Waals surface area contributed by atoms with Crippen LogP contribution in [0.2, 0.25) is 0 Å². The second-order valence-electron chi connectivity index (χ2n) is 4.64. The van der Waals surface area contributed by atoms with E-state index >= 15 is 0 Å². The van der Waals surface area contributed by atoms with Crippen LogP contribution in [0.5, 0.6) is 0 Å². The van der Waals surface area contributed by atoms with Gasteiger partial charge in [0.2, 0.25) is 5.91 Å². The summed E-state index contributed by atoms with van der Waals surface area (Å²) >= 11 is 1.21. The molecule has 1 N–H and O–H groups in total. The van der Waals surface area contributed by atoms with Crippen molar-refractivity contribution in [2.24, 2.45) is 0 Å². The van der Waals surface area contributed by atoms with Gasteiger partial charge in [-0.15, -0.1) is 11.3 Å².